The maximum absolute atomic E-state index is 13.2. The lowest BCUT2D eigenvalue weighted by Crippen LogP contribution is -2.41. The van der Waals surface area contributed by atoms with E-state index in [0.29, 0.717) is 125 Å². The zero-order valence-electron chi connectivity index (χ0n) is 80.6. The van der Waals surface area contributed by atoms with Crippen molar-refractivity contribution in [1.82, 2.24) is 64.0 Å². The van der Waals surface area contributed by atoms with E-state index in [4.69, 9.17) is 33.9 Å². The van der Waals surface area contributed by atoms with Crippen molar-refractivity contribution >= 4 is 90.0 Å². The van der Waals surface area contributed by atoms with Gasteiger partial charge < -0.3 is 60.1 Å². The van der Waals surface area contributed by atoms with Gasteiger partial charge >= 0.3 is 24.7 Å². The first-order valence-electron chi connectivity index (χ1n) is 47.5. The van der Waals surface area contributed by atoms with E-state index in [-0.39, 0.29) is 63.6 Å². The number of halogens is 12. The van der Waals surface area contributed by atoms with Gasteiger partial charge in [0.15, 0.2) is 0 Å². The number of ether oxygens (including phenoxy) is 5. The molecule has 0 spiro atoms. The number of benzene rings is 4. The Morgan fingerprint density at radius 2 is 0.669 bits per heavy atom. The maximum Gasteiger partial charge on any atom is 0.433 e. The van der Waals surface area contributed by atoms with Crippen molar-refractivity contribution in [2.75, 3.05) is 74.9 Å². The van der Waals surface area contributed by atoms with Gasteiger partial charge in [-0.25, -0.2) is 19.9 Å². The van der Waals surface area contributed by atoms with Crippen LogP contribution in [0.1, 0.15) is 242 Å². The van der Waals surface area contributed by atoms with Gasteiger partial charge in [0.1, 0.15) is 74.7 Å². The minimum absolute atomic E-state index is 0.164. The van der Waals surface area contributed by atoms with E-state index in [9.17, 15) is 82.1 Å². The third-order valence-corrected chi connectivity index (χ3v) is 27.9. The number of aliphatic hydroxyl groups is 2. The maximum atomic E-state index is 13.2. The number of anilines is 4. The normalized spacial score (nSPS) is 20.8. The first kappa shape index (κ1) is 102. The van der Waals surface area contributed by atoms with Crippen molar-refractivity contribution < 1.29 is 106 Å². The minimum atomic E-state index is -4.65. The van der Waals surface area contributed by atoms with Crippen molar-refractivity contribution in [3.05, 3.63) is 192 Å². The summed E-state index contributed by atoms with van der Waals surface area (Å²) in [5.74, 6) is 1.07. The number of fused-ring (bicyclic) bond motifs is 4. The topological polar surface area (TPSA) is 329 Å². The molecule has 4 amide bonds. The van der Waals surface area contributed by atoms with Gasteiger partial charge in [-0.3, -0.25) is 37.9 Å². The standard InChI is InChI=1S/C29H36F3N5O2.C26H29F3N4O3.C25H27F3N4O3.C22H23F3N4O3/c1-28(2,3)20-13-21(14-20)37-16-19-12-24(34-27(38)22-6-5-7-26(33-22)29(30,31)32)25(15-23(19)35-37)39-17-18-8-10-36(4)11-9-18;1-25(2,3)16-10-17(11-16)33-13-15-9-21(22(12-20(15)32-33)36-18-7-8-35-14-18)31-24(34)19-5-4-6-23(30-19)26(27,28)29;1-24(2,34)16-9-17(10-16)32-12-15-8-20(21(11-19(15)31-32)35-13-14-6-7-14)30-23(33)18-4-3-5-22(29-18)25(26,27)28;1-21(2,31)13-8-14(9-13)29-11-12-7-17(18(32-3)10-16(12)28-29)27-20(30)15-5-4-6-19(26-15)22(23,24)25/h5-7,12,15-16,18,20-21H,8-11,13-14,17H2,1-4H3,(H,34,38);4-6,9,12-13,16-18H,7-8,10-11,14H2,1-3H3,(H,31,34);3-5,8,11-12,14,16-17,34H,6-7,9-10,13H2,1-2H3,(H,30,33);4-7,10-11,13-14,31H,8-9H2,1-3H3,(H,27,30). The van der Waals surface area contributed by atoms with E-state index in [1.165, 1.54) is 37.4 Å². The number of nitrogens with one attached hydrogen (secondary N) is 4. The number of nitrogens with zero attached hydrogens (tertiary/aromatic N) is 13. The fourth-order valence-electron chi connectivity index (χ4n) is 18.0. The zero-order valence-corrected chi connectivity index (χ0v) is 80.6. The van der Waals surface area contributed by atoms with Crippen LogP contribution in [0.3, 0.4) is 0 Å². The molecule has 12 aromatic rings. The van der Waals surface area contributed by atoms with Crippen molar-refractivity contribution in [3.63, 3.8) is 0 Å². The second-order valence-electron chi connectivity index (χ2n) is 41.5. The van der Waals surface area contributed by atoms with Crippen LogP contribution < -0.4 is 40.2 Å². The molecular weight excluding hydrogens is 1870 g/mol. The molecule has 2 aliphatic heterocycles. The Hall–Kier alpha value is -12.6. The van der Waals surface area contributed by atoms with Crippen molar-refractivity contribution in [3.8, 4) is 23.0 Å². The Morgan fingerprint density at radius 1 is 0.387 bits per heavy atom. The highest BCUT2D eigenvalue weighted by molar-refractivity contribution is 6.08. The largest absolute Gasteiger partial charge is 0.494 e. The molecular formula is C102H115F12N17O11. The monoisotopic (exact) mass is 1980 g/mol. The molecule has 28 nitrogen and oxygen atoms in total. The number of carbonyl (C=O) groups is 4. The summed E-state index contributed by atoms with van der Waals surface area (Å²) in [5.41, 5.74) is -2.60. The number of likely N-dealkylation sites (tertiary alicyclic amines) is 1. The predicted octanol–water partition coefficient (Wildman–Crippen LogP) is 21.9. The number of hydrogen-bond donors (Lipinski definition) is 6. The number of hydrogen-bond acceptors (Lipinski definition) is 20. The zero-order chi connectivity index (χ0) is 102. The molecule has 19 rings (SSSR count). The predicted molar refractivity (Wildman–Crippen MR) is 507 cm³/mol. The quantitative estimate of drug-likeness (QED) is 0.0324. The molecule has 5 aliphatic carbocycles. The van der Waals surface area contributed by atoms with Gasteiger partial charge in [-0.1, -0.05) is 65.8 Å². The molecule has 2 saturated heterocycles. The number of aromatic nitrogens is 12. The van der Waals surface area contributed by atoms with Gasteiger partial charge in [-0.2, -0.15) is 73.1 Å². The summed E-state index contributed by atoms with van der Waals surface area (Å²) in [5, 5.41) is 53.0. The van der Waals surface area contributed by atoms with Crippen LogP contribution in [0.4, 0.5) is 75.4 Å². The Kier molecular flexibility index (Phi) is 29.1. The van der Waals surface area contributed by atoms with Gasteiger partial charge in [0.25, 0.3) is 23.6 Å². The summed E-state index contributed by atoms with van der Waals surface area (Å²) >= 11 is 0. The van der Waals surface area contributed by atoms with Gasteiger partial charge in [0, 0.05) is 77.0 Å². The van der Waals surface area contributed by atoms with Crippen LogP contribution in [0.5, 0.6) is 23.0 Å². The average Bonchev–Trinajstić information content (AvgIpc) is 1.59. The van der Waals surface area contributed by atoms with Gasteiger partial charge in [-0.05, 0) is 244 Å². The fourth-order valence-corrected chi connectivity index (χ4v) is 18.0. The summed E-state index contributed by atoms with van der Waals surface area (Å²) in [6.45, 7) is 24.7. The summed E-state index contributed by atoms with van der Waals surface area (Å²) < 4.78 is 193. The molecule has 8 aromatic heterocycles. The van der Waals surface area contributed by atoms with Crippen LogP contribution in [-0.4, -0.2) is 169 Å². The average molecular weight is 1980 g/mol. The summed E-state index contributed by atoms with van der Waals surface area (Å²) in [7, 11) is 3.53. The van der Waals surface area contributed by atoms with Crippen molar-refractivity contribution in [1.29, 1.82) is 0 Å². The number of alkyl halides is 12. The van der Waals surface area contributed by atoms with Gasteiger partial charge in [-0.15, -0.1) is 0 Å². The van der Waals surface area contributed by atoms with Crippen LogP contribution >= 0.6 is 0 Å². The van der Waals surface area contributed by atoms with E-state index < -0.39 is 82.3 Å². The molecule has 6 N–H and O–H groups in total. The molecule has 10 heterocycles. The Morgan fingerprint density at radius 3 is 0.944 bits per heavy atom. The number of rotatable bonds is 23. The molecule has 1 atom stereocenters. The minimum Gasteiger partial charge on any atom is -0.494 e. The van der Waals surface area contributed by atoms with Gasteiger partial charge in [0.2, 0.25) is 0 Å². The highest BCUT2D eigenvalue weighted by Crippen LogP contribution is 2.52. The first-order valence-corrected chi connectivity index (χ1v) is 47.5. The van der Waals surface area contributed by atoms with E-state index in [1.807, 2.05) is 63.4 Å². The van der Waals surface area contributed by atoms with E-state index in [1.54, 1.807) is 56.3 Å². The number of amides is 4. The van der Waals surface area contributed by atoms with Crippen LogP contribution in [0.15, 0.2) is 146 Å². The lowest BCUT2D eigenvalue weighted by atomic mass is 9.66. The van der Waals surface area contributed by atoms with Gasteiger partial charge in [0.05, 0.1) is 114 Å². The van der Waals surface area contributed by atoms with E-state index in [2.05, 4.69) is 105 Å². The second kappa shape index (κ2) is 40.3. The smallest absolute Gasteiger partial charge is 0.433 e. The fraction of sp³-hybridized carbons (Fsp3) is 0.490. The lowest BCUT2D eigenvalue weighted by Gasteiger charge is -2.43. The molecule has 142 heavy (non-hydrogen) atoms. The van der Waals surface area contributed by atoms with Crippen LogP contribution in [-0.2, 0) is 29.4 Å². The number of piperidine rings is 1. The second-order valence-corrected chi connectivity index (χ2v) is 41.5. The number of pyridine rings is 4. The summed E-state index contributed by atoms with van der Waals surface area (Å²) in [4.78, 5) is 67.4. The first-order chi connectivity index (χ1) is 66.8. The molecule has 758 valence electrons. The Balaban J connectivity index is 0.000000136. The molecule has 4 aromatic carbocycles. The molecule has 0 radical (unpaired) electrons. The van der Waals surface area contributed by atoms with Crippen LogP contribution in [0.25, 0.3) is 43.6 Å². The van der Waals surface area contributed by atoms with E-state index >= 15 is 0 Å². The molecule has 7 aliphatic rings. The SMILES string of the molecule is CC(C)(C)C1CC(n2cc3cc(NC(=O)c4cccc(C(F)(F)F)n4)c(OC4CCOC4)cc3n2)C1.CC(C)(O)C1CC(n2cc3cc(NC(=O)c4cccc(C(F)(F)F)n4)c(OCC4CC4)cc3n2)C1.CN1CCC(COc2cc3nn(C4CC(C(C)(C)C)C4)cc3cc2NC(=O)c2cccc(C(F)(F)F)n2)CC1.COc1cc2nn(C3CC(C(C)(C)O)C3)cc2cc1NC(=O)c1cccc(C(F)(F)F)n1. The molecule has 5 saturated carbocycles. The van der Waals surface area contributed by atoms with Crippen molar-refractivity contribution in [2.24, 2.45) is 46.3 Å². The summed E-state index contributed by atoms with van der Waals surface area (Å²) in [6, 6.07) is 27.7. The Labute approximate surface area is 810 Å². The summed E-state index contributed by atoms with van der Waals surface area (Å²) in [6.07, 6.45) is 1.21. The third-order valence-electron chi connectivity index (χ3n) is 27.9. The molecule has 1 unspecified atom stereocenters. The van der Waals surface area contributed by atoms with Crippen LogP contribution in [0.2, 0.25) is 0 Å². The highest BCUT2D eigenvalue weighted by Gasteiger charge is 2.45. The number of carbonyl (C=O) groups excluding carboxylic acids is 4. The Bertz CT molecular complexity index is 6580. The van der Waals surface area contributed by atoms with E-state index in [0.717, 1.165) is 165 Å². The molecule has 7 fully saturated rings. The number of methoxy groups -OCH3 is 1. The lowest BCUT2D eigenvalue weighted by molar-refractivity contribution is -0.142. The van der Waals surface area contributed by atoms with Crippen molar-refractivity contribution in [2.45, 2.75) is 219 Å². The molecule has 0 bridgehead atoms. The van der Waals surface area contributed by atoms with Crippen LogP contribution in [0, 0.1) is 46.3 Å². The highest BCUT2D eigenvalue weighted by atomic mass is 19.4. The molecule has 40 heteroatoms. The third kappa shape index (κ3) is 24.7.